The summed E-state index contributed by atoms with van der Waals surface area (Å²) in [6.45, 7) is 0. The third-order valence-corrected chi connectivity index (χ3v) is 0.406. The second-order valence-electron chi connectivity index (χ2n) is 0.761. The van der Waals surface area contributed by atoms with Crippen molar-refractivity contribution in [3.8, 4) is 0 Å². The Hall–Kier alpha value is -0.271. The number of imidazole rings is 1. The van der Waals surface area contributed by atoms with E-state index in [1.807, 2.05) is 0 Å². The SMILES string of the molecule is [SeH2].c1c[nH]cn1. The summed E-state index contributed by atoms with van der Waals surface area (Å²) < 4.78 is 0. The molecule has 2 nitrogen and oxygen atoms in total. The molecule has 3 heteroatoms. The van der Waals surface area contributed by atoms with Gasteiger partial charge in [-0.05, 0) is 0 Å². The first-order valence-corrected chi connectivity index (χ1v) is 1.43. The third-order valence-electron chi connectivity index (χ3n) is 0.406. The van der Waals surface area contributed by atoms with Crippen LogP contribution >= 0.6 is 0 Å². The minimum Gasteiger partial charge on any atom is -0.351 e. The topological polar surface area (TPSA) is 28.7 Å². The number of hydrogen-bond donors (Lipinski definition) is 1. The number of H-pyrrole nitrogens is 1. The van der Waals surface area contributed by atoms with Crippen molar-refractivity contribution in [1.29, 1.82) is 0 Å². The molecule has 0 radical (unpaired) electrons. The second kappa shape index (κ2) is 2.94. The van der Waals surface area contributed by atoms with Gasteiger partial charge in [0.25, 0.3) is 0 Å². The van der Waals surface area contributed by atoms with Gasteiger partial charge in [-0.15, -0.1) is 0 Å². The van der Waals surface area contributed by atoms with Gasteiger partial charge in [0.15, 0.2) is 0 Å². The van der Waals surface area contributed by atoms with Crippen molar-refractivity contribution in [1.82, 2.24) is 9.97 Å². The summed E-state index contributed by atoms with van der Waals surface area (Å²) in [5.74, 6) is 0. The zero-order valence-electron chi connectivity index (χ0n) is 3.18. The standard InChI is InChI=1S/C3H4N2.H2Se/c1-2-5-3-4-1;/h1-3H,(H,4,5);1H2. The van der Waals surface area contributed by atoms with E-state index in [4.69, 9.17) is 0 Å². The summed E-state index contributed by atoms with van der Waals surface area (Å²) in [7, 11) is 0. The first kappa shape index (κ1) is 5.73. The first-order chi connectivity index (χ1) is 2.50. The van der Waals surface area contributed by atoms with Gasteiger partial charge in [0.2, 0.25) is 0 Å². The van der Waals surface area contributed by atoms with E-state index >= 15 is 0 Å². The van der Waals surface area contributed by atoms with Crippen LogP contribution < -0.4 is 0 Å². The third kappa shape index (κ3) is 1.24. The summed E-state index contributed by atoms with van der Waals surface area (Å²) in [6, 6.07) is 0. The maximum Gasteiger partial charge on any atom is 0.0919 e. The molecule has 0 fully saturated rings. The molecule has 1 aromatic rings. The van der Waals surface area contributed by atoms with Crippen molar-refractivity contribution < 1.29 is 0 Å². The molecule has 0 aliphatic carbocycles. The smallest absolute Gasteiger partial charge is 0.0919 e. The van der Waals surface area contributed by atoms with Crippen molar-refractivity contribution in [3.05, 3.63) is 18.7 Å². The summed E-state index contributed by atoms with van der Waals surface area (Å²) in [5, 5.41) is 0. The van der Waals surface area contributed by atoms with E-state index in [0.717, 1.165) is 0 Å². The van der Waals surface area contributed by atoms with Crippen molar-refractivity contribution in [2.45, 2.75) is 0 Å². The van der Waals surface area contributed by atoms with Crippen molar-refractivity contribution in [3.63, 3.8) is 0 Å². The molecule has 0 atom stereocenters. The maximum atomic E-state index is 3.67. The molecule has 1 aromatic heterocycles. The predicted octanol–water partition coefficient (Wildman–Crippen LogP) is -0.507. The minimum atomic E-state index is 0. The van der Waals surface area contributed by atoms with Crippen molar-refractivity contribution in [2.75, 3.05) is 0 Å². The molecular weight excluding hydrogens is 143 g/mol. The Morgan fingerprint density at radius 2 is 2.33 bits per heavy atom. The Balaban J connectivity index is 0.000000250. The van der Waals surface area contributed by atoms with Gasteiger partial charge >= 0.3 is 17.1 Å². The zero-order chi connectivity index (χ0) is 3.54. The summed E-state index contributed by atoms with van der Waals surface area (Å²) in [5.41, 5.74) is 0. The average Bonchev–Trinajstić information content (AvgIpc) is 1.76. The van der Waals surface area contributed by atoms with Crippen LogP contribution in [0.3, 0.4) is 0 Å². The molecule has 6 heavy (non-hydrogen) atoms. The fraction of sp³-hybridized carbons (Fsp3) is 0. The van der Waals surface area contributed by atoms with Gasteiger partial charge < -0.3 is 4.98 Å². The Morgan fingerprint density at radius 3 is 2.50 bits per heavy atom. The number of rotatable bonds is 0. The van der Waals surface area contributed by atoms with E-state index in [-0.39, 0.29) is 17.1 Å². The number of hydrogen-bond acceptors (Lipinski definition) is 1. The molecule has 0 saturated heterocycles. The van der Waals surface area contributed by atoms with E-state index in [0.29, 0.717) is 0 Å². The van der Waals surface area contributed by atoms with E-state index in [1.54, 1.807) is 18.7 Å². The van der Waals surface area contributed by atoms with E-state index in [1.165, 1.54) is 0 Å². The maximum absolute atomic E-state index is 3.67. The molecule has 0 aliphatic heterocycles. The minimum absolute atomic E-state index is 0. The molecule has 0 saturated carbocycles. The van der Waals surface area contributed by atoms with Crippen LogP contribution in [0.1, 0.15) is 0 Å². The van der Waals surface area contributed by atoms with E-state index in [2.05, 4.69) is 9.97 Å². The molecule has 0 aliphatic rings. The molecule has 0 bridgehead atoms. The number of nitrogens with zero attached hydrogens (tertiary/aromatic N) is 1. The number of aromatic nitrogens is 2. The van der Waals surface area contributed by atoms with Crippen LogP contribution in [-0.2, 0) is 0 Å². The Kier molecular flexibility index (Phi) is 2.81. The molecule has 1 rings (SSSR count). The van der Waals surface area contributed by atoms with Crippen LogP contribution in [0.15, 0.2) is 18.7 Å². The summed E-state index contributed by atoms with van der Waals surface area (Å²) in [6.07, 6.45) is 5.08. The Bertz CT molecular complexity index is 65.3. The Morgan fingerprint density at radius 1 is 1.50 bits per heavy atom. The van der Waals surface area contributed by atoms with Gasteiger partial charge in [-0.1, -0.05) is 0 Å². The molecule has 34 valence electrons. The fourth-order valence-electron chi connectivity index (χ4n) is 0.215. The molecule has 0 spiro atoms. The van der Waals surface area contributed by atoms with Gasteiger partial charge in [-0.25, -0.2) is 4.98 Å². The average molecular weight is 149 g/mol. The molecule has 1 N–H and O–H groups in total. The normalized spacial score (nSPS) is 6.67. The largest absolute Gasteiger partial charge is 0.351 e. The van der Waals surface area contributed by atoms with Gasteiger partial charge in [-0.2, -0.15) is 0 Å². The first-order valence-electron chi connectivity index (χ1n) is 1.43. The number of nitrogens with one attached hydrogen (secondary N) is 1. The van der Waals surface area contributed by atoms with Crippen LogP contribution in [0.25, 0.3) is 0 Å². The van der Waals surface area contributed by atoms with Crippen LogP contribution in [0.2, 0.25) is 0 Å². The zero-order valence-corrected chi connectivity index (χ0v) is 5.28. The van der Waals surface area contributed by atoms with Crippen molar-refractivity contribution in [2.24, 2.45) is 0 Å². The monoisotopic (exact) mass is 150 g/mol. The fourth-order valence-corrected chi connectivity index (χ4v) is 0.215. The quantitative estimate of drug-likeness (QED) is 0.494. The number of aromatic amines is 1. The molecule has 1 heterocycles. The van der Waals surface area contributed by atoms with Crippen LogP contribution in [0.5, 0.6) is 0 Å². The predicted molar refractivity (Wildman–Crippen MR) is 27.1 cm³/mol. The molecule has 0 amide bonds. The van der Waals surface area contributed by atoms with E-state index < -0.39 is 0 Å². The Labute approximate surface area is 46.5 Å². The second-order valence-corrected chi connectivity index (χ2v) is 0.761. The summed E-state index contributed by atoms with van der Waals surface area (Å²) >= 11 is 0. The van der Waals surface area contributed by atoms with Crippen molar-refractivity contribution >= 4 is 17.1 Å². The summed E-state index contributed by atoms with van der Waals surface area (Å²) in [4.78, 5) is 6.42. The molecular formula is C3H6N2Se. The molecule has 0 aromatic carbocycles. The van der Waals surface area contributed by atoms with Crippen LogP contribution in [0.4, 0.5) is 0 Å². The van der Waals surface area contributed by atoms with Crippen LogP contribution in [-0.4, -0.2) is 27.0 Å². The van der Waals surface area contributed by atoms with Gasteiger partial charge in [0.05, 0.1) is 6.33 Å². The van der Waals surface area contributed by atoms with Crippen LogP contribution in [0, 0.1) is 0 Å². The molecule has 0 unspecified atom stereocenters. The van der Waals surface area contributed by atoms with Gasteiger partial charge in [0.1, 0.15) is 0 Å². The van der Waals surface area contributed by atoms with Gasteiger partial charge in [0, 0.05) is 12.4 Å². The van der Waals surface area contributed by atoms with E-state index in [9.17, 15) is 0 Å². The van der Waals surface area contributed by atoms with Gasteiger partial charge in [-0.3, -0.25) is 0 Å².